The van der Waals surface area contributed by atoms with E-state index in [1.165, 1.54) is 4.90 Å². The van der Waals surface area contributed by atoms with Gasteiger partial charge >= 0.3 is 0 Å². The van der Waals surface area contributed by atoms with E-state index in [4.69, 9.17) is 9.47 Å². The summed E-state index contributed by atoms with van der Waals surface area (Å²) >= 11 is 0. The third kappa shape index (κ3) is 4.64. The number of aliphatic hydroxyl groups is 1. The Morgan fingerprint density at radius 1 is 0.875 bits per heavy atom. The minimum Gasteiger partial charge on any atom is -0.507 e. The number of ketones is 1. The van der Waals surface area contributed by atoms with Crippen molar-refractivity contribution >= 4 is 17.4 Å². The van der Waals surface area contributed by atoms with Gasteiger partial charge < -0.3 is 19.5 Å². The maximum Gasteiger partial charge on any atom is 0.295 e. The lowest BCUT2D eigenvalue weighted by Gasteiger charge is -2.24. The Kier molecular flexibility index (Phi) is 7.29. The van der Waals surface area contributed by atoms with Gasteiger partial charge in [-0.25, -0.2) is 0 Å². The van der Waals surface area contributed by atoms with Gasteiger partial charge in [-0.15, -0.1) is 6.58 Å². The van der Waals surface area contributed by atoms with Crippen LogP contribution in [0.15, 0.2) is 92.1 Å². The van der Waals surface area contributed by atoms with E-state index in [2.05, 4.69) is 19.7 Å². The average Bonchev–Trinajstić information content (AvgIpc) is 3.07. The van der Waals surface area contributed by atoms with Crippen molar-refractivity contribution in [3.8, 4) is 11.5 Å². The number of likely N-dealkylation sites (tertiary alicyclic amines) is 1. The van der Waals surface area contributed by atoms with Crippen LogP contribution in [-0.2, 0) is 9.59 Å². The summed E-state index contributed by atoms with van der Waals surface area (Å²) in [7, 11) is 0. The van der Waals surface area contributed by atoms with Crippen LogP contribution in [0.25, 0.3) is 5.76 Å². The molecule has 164 valence electrons. The second-order valence-electron chi connectivity index (χ2n) is 7.03. The predicted molar refractivity (Wildman–Crippen MR) is 123 cm³/mol. The number of benzene rings is 2. The van der Waals surface area contributed by atoms with E-state index in [0.717, 1.165) is 0 Å². The molecule has 1 unspecified atom stereocenters. The number of rotatable bonds is 10. The molecule has 1 aliphatic rings. The lowest BCUT2D eigenvalue weighted by molar-refractivity contribution is -0.139. The van der Waals surface area contributed by atoms with Gasteiger partial charge in [-0.05, 0) is 42.0 Å². The third-order valence-corrected chi connectivity index (χ3v) is 4.93. The summed E-state index contributed by atoms with van der Waals surface area (Å²) in [5, 5.41) is 11.0. The van der Waals surface area contributed by atoms with Gasteiger partial charge in [0.15, 0.2) is 0 Å². The van der Waals surface area contributed by atoms with Gasteiger partial charge in [0.1, 0.15) is 30.5 Å². The van der Waals surface area contributed by atoms with Crippen molar-refractivity contribution < 1.29 is 24.2 Å². The van der Waals surface area contributed by atoms with Crippen LogP contribution in [0.4, 0.5) is 0 Å². The van der Waals surface area contributed by atoms with Crippen molar-refractivity contribution in [3.63, 3.8) is 0 Å². The van der Waals surface area contributed by atoms with E-state index in [1.54, 1.807) is 66.8 Å². The van der Waals surface area contributed by atoms with Crippen LogP contribution in [0, 0.1) is 0 Å². The summed E-state index contributed by atoms with van der Waals surface area (Å²) in [6.07, 6.45) is 4.81. The normalized spacial score (nSPS) is 17.1. The standard InChI is InChI=1S/C26H25NO5/c1-4-15-27-23(18-7-11-20(12-8-18)31-16-5-2)22(25(29)26(27)30)24(28)19-9-13-21(14-10-19)32-17-6-3/h4-14,23,28H,1-3,15-17H2. The van der Waals surface area contributed by atoms with E-state index in [-0.39, 0.29) is 17.9 Å². The van der Waals surface area contributed by atoms with E-state index in [0.29, 0.717) is 35.8 Å². The van der Waals surface area contributed by atoms with E-state index < -0.39 is 17.7 Å². The molecule has 6 nitrogen and oxygen atoms in total. The molecule has 1 fully saturated rings. The lowest BCUT2D eigenvalue weighted by atomic mass is 9.95. The second kappa shape index (κ2) is 10.3. The lowest BCUT2D eigenvalue weighted by Crippen LogP contribution is -2.29. The van der Waals surface area contributed by atoms with Crippen LogP contribution in [0.5, 0.6) is 11.5 Å². The van der Waals surface area contributed by atoms with Gasteiger partial charge in [0.2, 0.25) is 0 Å². The van der Waals surface area contributed by atoms with Crippen LogP contribution in [0.1, 0.15) is 17.2 Å². The zero-order chi connectivity index (χ0) is 23.1. The largest absolute Gasteiger partial charge is 0.507 e. The molecule has 0 aromatic heterocycles. The summed E-state index contributed by atoms with van der Waals surface area (Å²) < 4.78 is 11.0. The van der Waals surface area contributed by atoms with E-state index >= 15 is 0 Å². The molecule has 1 saturated heterocycles. The highest BCUT2D eigenvalue weighted by atomic mass is 16.5. The maximum absolute atomic E-state index is 12.9. The van der Waals surface area contributed by atoms with Gasteiger partial charge in [-0.3, -0.25) is 9.59 Å². The fraction of sp³-hybridized carbons (Fsp3) is 0.154. The first-order valence-corrected chi connectivity index (χ1v) is 10.1. The molecule has 2 aromatic rings. The molecular weight excluding hydrogens is 406 g/mol. The second-order valence-corrected chi connectivity index (χ2v) is 7.03. The molecule has 0 saturated carbocycles. The van der Waals surface area contributed by atoms with Crippen molar-refractivity contribution in [2.45, 2.75) is 6.04 Å². The number of carbonyl (C=O) groups excluding carboxylic acids is 2. The van der Waals surface area contributed by atoms with E-state index in [9.17, 15) is 14.7 Å². The topological polar surface area (TPSA) is 76.1 Å². The van der Waals surface area contributed by atoms with Crippen molar-refractivity contribution in [2.24, 2.45) is 0 Å². The van der Waals surface area contributed by atoms with E-state index in [1.807, 2.05) is 0 Å². The van der Waals surface area contributed by atoms with Gasteiger partial charge in [0.25, 0.3) is 11.7 Å². The van der Waals surface area contributed by atoms with Crippen LogP contribution in [0.2, 0.25) is 0 Å². The van der Waals surface area contributed by atoms with Crippen molar-refractivity contribution in [3.05, 3.63) is 103 Å². The maximum atomic E-state index is 12.9. The summed E-state index contributed by atoms with van der Waals surface area (Å²) in [6.45, 7) is 11.8. The highest BCUT2D eigenvalue weighted by molar-refractivity contribution is 6.46. The molecule has 0 radical (unpaired) electrons. The van der Waals surface area contributed by atoms with Crippen molar-refractivity contribution in [1.82, 2.24) is 4.90 Å². The minimum absolute atomic E-state index is 0.0244. The van der Waals surface area contributed by atoms with Gasteiger partial charge in [-0.1, -0.05) is 43.5 Å². The minimum atomic E-state index is -0.752. The molecular formula is C26H25NO5. The molecule has 1 heterocycles. The highest BCUT2D eigenvalue weighted by Crippen LogP contribution is 2.39. The Morgan fingerprint density at radius 2 is 1.41 bits per heavy atom. The van der Waals surface area contributed by atoms with Crippen LogP contribution in [0.3, 0.4) is 0 Å². The molecule has 0 aliphatic carbocycles. The molecule has 1 atom stereocenters. The molecule has 3 rings (SSSR count). The summed E-state index contributed by atoms with van der Waals surface area (Å²) in [5.41, 5.74) is 1.10. The molecule has 0 bridgehead atoms. The number of ether oxygens (including phenoxy) is 2. The fourth-order valence-corrected chi connectivity index (χ4v) is 3.48. The highest BCUT2D eigenvalue weighted by Gasteiger charge is 2.45. The number of hydrogen-bond acceptors (Lipinski definition) is 5. The zero-order valence-electron chi connectivity index (χ0n) is 17.7. The van der Waals surface area contributed by atoms with Gasteiger partial charge in [-0.2, -0.15) is 0 Å². The first-order chi connectivity index (χ1) is 15.5. The summed E-state index contributed by atoms with van der Waals surface area (Å²) in [4.78, 5) is 27.0. The average molecular weight is 431 g/mol. The Labute approximate surface area is 187 Å². The van der Waals surface area contributed by atoms with Crippen LogP contribution < -0.4 is 9.47 Å². The van der Waals surface area contributed by atoms with Crippen molar-refractivity contribution in [1.29, 1.82) is 0 Å². The Balaban J connectivity index is 2.03. The smallest absolute Gasteiger partial charge is 0.295 e. The number of hydrogen-bond donors (Lipinski definition) is 1. The van der Waals surface area contributed by atoms with Crippen molar-refractivity contribution in [2.75, 3.05) is 19.8 Å². The predicted octanol–water partition coefficient (Wildman–Crippen LogP) is 4.42. The Bertz CT molecular complexity index is 1050. The number of nitrogens with zero attached hydrogens (tertiary/aromatic N) is 1. The first-order valence-electron chi connectivity index (χ1n) is 10.1. The molecule has 32 heavy (non-hydrogen) atoms. The quantitative estimate of drug-likeness (QED) is 0.261. The Hall–Kier alpha value is -4.06. The molecule has 1 N–H and O–H groups in total. The van der Waals surface area contributed by atoms with Crippen LogP contribution in [-0.4, -0.2) is 41.5 Å². The monoisotopic (exact) mass is 431 g/mol. The number of aliphatic hydroxyl groups excluding tert-OH is 1. The number of Topliss-reactive ketones (excluding diaryl/α,β-unsaturated/α-hetero) is 1. The number of amides is 1. The molecule has 1 aliphatic heterocycles. The molecule has 6 heteroatoms. The fourth-order valence-electron chi connectivity index (χ4n) is 3.48. The van der Waals surface area contributed by atoms with Gasteiger partial charge in [0, 0.05) is 12.1 Å². The molecule has 2 aromatic carbocycles. The number of carbonyl (C=O) groups is 2. The van der Waals surface area contributed by atoms with Crippen LogP contribution >= 0.6 is 0 Å². The van der Waals surface area contributed by atoms with Gasteiger partial charge in [0.05, 0.1) is 11.6 Å². The molecule has 0 spiro atoms. The SMILES string of the molecule is C=CCOc1ccc(C(O)=C2C(=O)C(=O)N(CC=C)C2c2ccc(OCC=C)cc2)cc1. The summed E-state index contributed by atoms with van der Waals surface area (Å²) in [6, 6.07) is 12.9. The summed E-state index contributed by atoms with van der Waals surface area (Å²) in [5.74, 6) is -0.450. The zero-order valence-corrected chi connectivity index (χ0v) is 17.7. The Morgan fingerprint density at radius 3 is 1.91 bits per heavy atom. The molecule has 1 amide bonds. The first kappa shape index (κ1) is 22.6. The third-order valence-electron chi connectivity index (χ3n) is 4.93.